The maximum absolute atomic E-state index is 2.99. The van der Waals surface area contributed by atoms with Crippen LogP contribution in [0, 0.1) is 18.9 Å². The summed E-state index contributed by atoms with van der Waals surface area (Å²) in [6, 6.07) is 14.7. The molecule has 0 nitrogen and oxygen atoms in total. The molecular formula is C20H26Zr. The molecule has 3 rings (SSSR count). The molecule has 1 aliphatic carbocycles. The van der Waals surface area contributed by atoms with Gasteiger partial charge in [0.2, 0.25) is 0 Å². The predicted octanol–water partition coefficient (Wildman–Crippen LogP) is 6.32. The minimum atomic E-state index is 0. The number of benzene rings is 1. The second kappa shape index (κ2) is 17.2. The Hall–Kier alpha value is -0.807. The molecule has 0 N–H and O–H groups in total. The Kier molecular flexibility index (Phi) is 18.5. The van der Waals surface area contributed by atoms with Gasteiger partial charge in [-0.2, -0.15) is 51.3 Å². The van der Waals surface area contributed by atoms with Crippen molar-refractivity contribution < 1.29 is 26.2 Å². The van der Waals surface area contributed by atoms with Crippen LogP contribution < -0.4 is 0 Å². The Bertz CT molecular complexity index is 435. The smallest absolute Gasteiger partial charge is 0.335 e. The van der Waals surface area contributed by atoms with Gasteiger partial charge in [0.05, 0.1) is 0 Å². The van der Waals surface area contributed by atoms with Gasteiger partial charge in [-0.3, -0.25) is 6.08 Å². The van der Waals surface area contributed by atoms with Gasteiger partial charge in [0.1, 0.15) is 0 Å². The molecule has 21 heavy (non-hydrogen) atoms. The first-order valence-corrected chi connectivity index (χ1v) is 7.10. The second-order valence-corrected chi connectivity index (χ2v) is 4.31. The van der Waals surface area contributed by atoms with Crippen molar-refractivity contribution in [2.24, 2.45) is 0 Å². The Morgan fingerprint density at radius 3 is 2.05 bits per heavy atom. The van der Waals surface area contributed by atoms with Gasteiger partial charge < -0.3 is 12.8 Å². The molecule has 0 aromatic heterocycles. The van der Waals surface area contributed by atoms with E-state index in [1.54, 1.807) is 0 Å². The van der Waals surface area contributed by atoms with Gasteiger partial charge in [-0.05, 0) is 0 Å². The van der Waals surface area contributed by atoms with Crippen molar-refractivity contribution >= 4 is 10.8 Å². The fourth-order valence-corrected chi connectivity index (χ4v) is 1.41. The van der Waals surface area contributed by atoms with E-state index in [9.17, 15) is 0 Å². The van der Waals surface area contributed by atoms with Crippen LogP contribution in [-0.2, 0) is 26.2 Å². The molecule has 0 amide bonds. The SMILES string of the molecule is C[CH-]C.C[CH-]C.[C-]1=CC=CC1.[Zr+4].c1ccc2[cH-]ccc2c1. The summed E-state index contributed by atoms with van der Waals surface area (Å²) in [4.78, 5) is 0. The first-order valence-electron chi connectivity index (χ1n) is 7.10. The molecule has 1 heteroatoms. The molecule has 1 aliphatic rings. The number of hydrogen-bond acceptors (Lipinski definition) is 0. The zero-order valence-corrected chi connectivity index (χ0v) is 16.1. The third-order valence-electron chi connectivity index (χ3n) is 2.13. The van der Waals surface area contributed by atoms with Crippen molar-refractivity contribution in [1.29, 1.82) is 0 Å². The molecule has 110 valence electrons. The van der Waals surface area contributed by atoms with Crippen LogP contribution in [0.4, 0.5) is 0 Å². The largest absolute Gasteiger partial charge is 4.00 e. The average Bonchev–Trinajstić information content (AvgIpc) is 3.15. The van der Waals surface area contributed by atoms with E-state index < -0.39 is 0 Å². The van der Waals surface area contributed by atoms with E-state index in [0.717, 1.165) is 6.42 Å². The quantitative estimate of drug-likeness (QED) is 0.484. The molecule has 0 fully saturated rings. The fourth-order valence-electron chi connectivity index (χ4n) is 1.41. The van der Waals surface area contributed by atoms with Crippen LogP contribution in [-0.4, -0.2) is 0 Å². The molecule has 2 aromatic carbocycles. The summed E-state index contributed by atoms with van der Waals surface area (Å²) in [5.74, 6) is 0. The summed E-state index contributed by atoms with van der Waals surface area (Å²) >= 11 is 0. The van der Waals surface area contributed by atoms with E-state index in [1.807, 2.05) is 52.7 Å². The fraction of sp³-hybridized carbons (Fsp3) is 0.250. The minimum absolute atomic E-state index is 0. The normalized spacial score (nSPS) is 10.3. The van der Waals surface area contributed by atoms with Gasteiger partial charge in [0, 0.05) is 0 Å². The van der Waals surface area contributed by atoms with E-state index >= 15 is 0 Å². The minimum Gasteiger partial charge on any atom is -0.335 e. The van der Waals surface area contributed by atoms with Gasteiger partial charge in [0.25, 0.3) is 0 Å². The number of fused-ring (bicyclic) bond motifs is 1. The summed E-state index contributed by atoms with van der Waals surface area (Å²) in [5, 5.41) is 2.66. The van der Waals surface area contributed by atoms with Gasteiger partial charge in [-0.25, -0.2) is 12.2 Å². The Balaban J connectivity index is 0. The van der Waals surface area contributed by atoms with E-state index in [-0.39, 0.29) is 26.2 Å². The van der Waals surface area contributed by atoms with E-state index in [1.165, 1.54) is 10.8 Å². The monoisotopic (exact) mass is 356 g/mol. The third-order valence-corrected chi connectivity index (χ3v) is 2.13. The average molecular weight is 358 g/mol. The summed E-state index contributed by atoms with van der Waals surface area (Å²) in [6.45, 7) is 8.00. The first kappa shape index (κ1) is 22.5. The van der Waals surface area contributed by atoms with Crippen LogP contribution in [0.2, 0.25) is 0 Å². The molecule has 0 saturated carbocycles. The Morgan fingerprint density at radius 1 is 1.00 bits per heavy atom. The van der Waals surface area contributed by atoms with E-state index in [2.05, 4.69) is 54.6 Å². The van der Waals surface area contributed by atoms with E-state index in [0.29, 0.717) is 0 Å². The zero-order valence-electron chi connectivity index (χ0n) is 13.6. The van der Waals surface area contributed by atoms with Crippen molar-refractivity contribution in [2.45, 2.75) is 34.1 Å². The molecular weight excluding hydrogens is 331 g/mol. The molecule has 0 saturated heterocycles. The van der Waals surface area contributed by atoms with E-state index in [4.69, 9.17) is 0 Å². The molecule has 0 atom stereocenters. The number of hydrogen-bond donors (Lipinski definition) is 0. The summed E-state index contributed by atoms with van der Waals surface area (Å²) < 4.78 is 0. The van der Waals surface area contributed by atoms with Crippen molar-refractivity contribution in [3.8, 4) is 0 Å². The standard InChI is InChI=1S/C9H7.C5H5.2C3H7.Zr/c1-2-5-9-7-3-6-8(9)4-1;1-2-4-5-3-1;2*1-3-2;/h1-7H;1-3H,4H2;2*3H,1-2H3;/q4*-1;+4. The maximum atomic E-state index is 2.99. The second-order valence-electron chi connectivity index (χ2n) is 4.31. The van der Waals surface area contributed by atoms with Gasteiger partial charge in [0.15, 0.2) is 0 Å². The van der Waals surface area contributed by atoms with Crippen molar-refractivity contribution in [2.75, 3.05) is 0 Å². The first-order chi connectivity index (χ1) is 9.79. The van der Waals surface area contributed by atoms with Gasteiger partial charge in [-0.1, -0.05) is 6.07 Å². The topological polar surface area (TPSA) is 0 Å². The van der Waals surface area contributed by atoms with Crippen molar-refractivity contribution in [3.63, 3.8) is 0 Å². The maximum Gasteiger partial charge on any atom is 4.00 e. The Morgan fingerprint density at radius 2 is 1.62 bits per heavy atom. The van der Waals surface area contributed by atoms with Crippen molar-refractivity contribution in [3.05, 3.63) is 79.6 Å². The molecule has 0 aliphatic heterocycles. The van der Waals surface area contributed by atoms with Crippen LogP contribution in [0.5, 0.6) is 0 Å². The number of allylic oxidation sites excluding steroid dienone is 4. The van der Waals surface area contributed by atoms with Gasteiger partial charge in [-0.15, -0.1) is 36.1 Å². The summed E-state index contributed by atoms with van der Waals surface area (Å²) in [6.07, 6.45) is 14.0. The molecule has 0 heterocycles. The predicted molar refractivity (Wildman–Crippen MR) is 92.4 cm³/mol. The molecule has 2 aromatic rings. The van der Waals surface area contributed by atoms with Crippen molar-refractivity contribution in [1.82, 2.24) is 0 Å². The Labute approximate surface area is 150 Å². The summed E-state index contributed by atoms with van der Waals surface area (Å²) in [7, 11) is 0. The number of rotatable bonds is 0. The van der Waals surface area contributed by atoms with Crippen LogP contribution in [0.15, 0.2) is 60.7 Å². The molecule has 0 bridgehead atoms. The molecule has 0 radical (unpaired) electrons. The summed E-state index contributed by atoms with van der Waals surface area (Å²) in [5.41, 5.74) is 0. The molecule has 0 unspecified atom stereocenters. The van der Waals surface area contributed by atoms with Crippen LogP contribution >= 0.6 is 0 Å². The van der Waals surface area contributed by atoms with Gasteiger partial charge >= 0.3 is 26.2 Å². The van der Waals surface area contributed by atoms with Crippen LogP contribution in [0.1, 0.15) is 34.1 Å². The zero-order chi connectivity index (χ0) is 15.1. The third kappa shape index (κ3) is 12.6. The van der Waals surface area contributed by atoms with Crippen LogP contribution in [0.3, 0.4) is 0 Å². The van der Waals surface area contributed by atoms with Crippen LogP contribution in [0.25, 0.3) is 10.8 Å². The molecule has 0 spiro atoms.